The van der Waals surface area contributed by atoms with E-state index < -0.39 is 0 Å². The second-order valence-electron chi connectivity index (χ2n) is 7.40. The average Bonchev–Trinajstić information content (AvgIpc) is 3.23. The molecule has 6 nitrogen and oxygen atoms in total. The molecule has 0 saturated carbocycles. The monoisotopic (exact) mass is 489 g/mol. The number of aromatic nitrogens is 3. The number of pyridine rings is 2. The predicted octanol–water partition coefficient (Wildman–Crippen LogP) is 6.52. The Morgan fingerprint density at radius 3 is 2.38 bits per heavy atom. The van der Waals surface area contributed by atoms with Gasteiger partial charge in [0.05, 0.1) is 11.4 Å². The molecule has 170 valence electrons. The van der Waals surface area contributed by atoms with E-state index in [1.54, 1.807) is 0 Å². The molecule has 1 amide bonds. The maximum absolute atomic E-state index is 8.58. The van der Waals surface area contributed by atoms with Crippen LogP contribution in [0, 0.1) is 6.92 Å². The zero-order valence-corrected chi connectivity index (χ0v) is 19.8. The summed E-state index contributed by atoms with van der Waals surface area (Å²) in [6, 6.07) is 23.5. The van der Waals surface area contributed by atoms with E-state index in [0.717, 1.165) is 50.3 Å². The molecule has 0 fully saturated rings. The van der Waals surface area contributed by atoms with Crippen LogP contribution in [-0.2, 0) is 4.79 Å². The van der Waals surface area contributed by atoms with Crippen molar-refractivity contribution in [3.8, 4) is 22.5 Å². The first-order valence-electron chi connectivity index (χ1n) is 10.4. The number of nitrogens with zero attached hydrogens (tertiary/aromatic N) is 3. The van der Waals surface area contributed by atoms with Crippen molar-refractivity contribution in [3.05, 3.63) is 101 Å². The molecule has 3 aromatic heterocycles. The van der Waals surface area contributed by atoms with E-state index in [0.29, 0.717) is 5.02 Å². The van der Waals surface area contributed by atoms with E-state index in [9.17, 15) is 0 Å². The second kappa shape index (κ2) is 10.4. The van der Waals surface area contributed by atoms with Gasteiger partial charge in [-0.2, -0.15) is 0 Å². The molecule has 0 spiro atoms. The second-order valence-corrected chi connectivity index (χ2v) is 8.25. The van der Waals surface area contributed by atoms with Gasteiger partial charge >= 0.3 is 0 Å². The van der Waals surface area contributed by atoms with E-state index in [1.165, 1.54) is 0 Å². The molecule has 0 atom stereocenters. The van der Waals surface area contributed by atoms with Gasteiger partial charge in [0.1, 0.15) is 11.5 Å². The van der Waals surface area contributed by atoms with Crippen molar-refractivity contribution in [2.24, 2.45) is 5.73 Å². The molecule has 0 aliphatic carbocycles. The smallest absolute Gasteiger partial charge is 0.204 e. The lowest BCUT2D eigenvalue weighted by Gasteiger charge is -2.09. The number of imidazole rings is 1. The lowest BCUT2D eigenvalue weighted by Crippen LogP contribution is -1.95. The molecular weight excluding hydrogens is 469 g/mol. The van der Waals surface area contributed by atoms with E-state index in [-0.39, 0.29) is 6.41 Å². The van der Waals surface area contributed by atoms with Crippen LogP contribution in [0.25, 0.3) is 28.2 Å². The van der Waals surface area contributed by atoms with Gasteiger partial charge < -0.3 is 11.1 Å². The summed E-state index contributed by atoms with van der Waals surface area (Å²) in [5.41, 5.74) is 10.9. The van der Waals surface area contributed by atoms with Crippen molar-refractivity contribution in [1.82, 2.24) is 14.4 Å². The highest BCUT2D eigenvalue weighted by atomic mass is 35.5. The minimum Gasteiger partial charge on any atom is -0.372 e. The molecule has 0 unspecified atom stereocenters. The van der Waals surface area contributed by atoms with Gasteiger partial charge in [-0.15, -0.1) is 0 Å². The van der Waals surface area contributed by atoms with E-state index in [2.05, 4.69) is 20.4 Å². The Morgan fingerprint density at radius 2 is 1.71 bits per heavy atom. The number of amides is 1. The highest BCUT2D eigenvalue weighted by Crippen LogP contribution is 2.33. The van der Waals surface area contributed by atoms with Gasteiger partial charge in [0.15, 0.2) is 0 Å². The quantitative estimate of drug-likeness (QED) is 0.281. The number of hydrogen-bond donors (Lipinski definition) is 2. The lowest BCUT2D eigenvalue weighted by atomic mass is 10.1. The number of nitrogens with two attached hydrogens (primary N) is 1. The van der Waals surface area contributed by atoms with Crippen LogP contribution in [0.1, 0.15) is 5.56 Å². The first-order valence-corrected chi connectivity index (χ1v) is 11.1. The third kappa shape index (κ3) is 5.03. The molecule has 8 heteroatoms. The molecular formula is C26H21Cl2N5O. The highest BCUT2D eigenvalue weighted by molar-refractivity contribution is 6.31. The minimum absolute atomic E-state index is 0.250. The van der Waals surface area contributed by atoms with E-state index >= 15 is 0 Å². The molecule has 34 heavy (non-hydrogen) atoms. The normalized spacial score (nSPS) is 10.4. The Labute approximate surface area is 207 Å². The summed E-state index contributed by atoms with van der Waals surface area (Å²) >= 11 is 12.2. The van der Waals surface area contributed by atoms with Gasteiger partial charge in [-0.25, -0.2) is 9.97 Å². The number of carbonyl (C=O) groups is 1. The number of fused-ring (bicyclic) bond motifs is 1. The Morgan fingerprint density at radius 1 is 0.971 bits per heavy atom. The third-order valence-corrected chi connectivity index (χ3v) is 5.79. The largest absolute Gasteiger partial charge is 0.372 e. The van der Waals surface area contributed by atoms with Gasteiger partial charge in [-0.3, -0.25) is 9.20 Å². The Balaban J connectivity index is 0.000000868. The van der Waals surface area contributed by atoms with E-state index in [4.69, 9.17) is 33.0 Å². The fourth-order valence-electron chi connectivity index (χ4n) is 3.56. The van der Waals surface area contributed by atoms with Crippen molar-refractivity contribution >= 4 is 46.8 Å². The number of carbonyl (C=O) groups excluding carboxylic acids is 1. The summed E-state index contributed by atoms with van der Waals surface area (Å²) < 4.78 is 2.08. The standard InChI is InChI=1S/C25H18Cl2N4.CH3NO/c1-16-14-20(10-11-21(16)27)29-22-12-7-18(15-28-22)25-24(17-5-8-19(26)9-6-17)30-23-4-2-3-13-31(23)25;2-1-3/h2-15H,1H3,(H,28,29);1H,(H2,2,3). The fourth-order valence-corrected chi connectivity index (χ4v) is 3.80. The van der Waals surface area contributed by atoms with Crippen LogP contribution in [0.4, 0.5) is 11.5 Å². The molecule has 3 heterocycles. The number of benzene rings is 2. The van der Waals surface area contributed by atoms with Crippen molar-refractivity contribution in [1.29, 1.82) is 0 Å². The van der Waals surface area contributed by atoms with Crippen LogP contribution in [0.2, 0.25) is 10.0 Å². The summed E-state index contributed by atoms with van der Waals surface area (Å²) in [7, 11) is 0. The molecule has 0 saturated heterocycles. The number of anilines is 2. The number of hydrogen-bond acceptors (Lipinski definition) is 4. The fraction of sp³-hybridized carbons (Fsp3) is 0.0385. The van der Waals surface area contributed by atoms with E-state index in [1.807, 2.05) is 92.1 Å². The van der Waals surface area contributed by atoms with Crippen molar-refractivity contribution in [3.63, 3.8) is 0 Å². The van der Waals surface area contributed by atoms with Gasteiger partial charge in [0.2, 0.25) is 6.41 Å². The van der Waals surface area contributed by atoms with Gasteiger partial charge in [-0.1, -0.05) is 41.4 Å². The minimum atomic E-state index is 0.250. The summed E-state index contributed by atoms with van der Waals surface area (Å²) in [5.74, 6) is 0.757. The van der Waals surface area contributed by atoms with Crippen LogP contribution < -0.4 is 11.1 Å². The number of halogens is 2. The maximum Gasteiger partial charge on any atom is 0.204 e. The predicted molar refractivity (Wildman–Crippen MR) is 139 cm³/mol. The Hall–Kier alpha value is -3.87. The SMILES string of the molecule is Cc1cc(Nc2ccc(-c3c(-c4ccc(Cl)cc4)nc4ccccn34)cn2)ccc1Cl.NC=O. The molecule has 5 aromatic rings. The van der Waals surface area contributed by atoms with Crippen LogP contribution in [-0.4, -0.2) is 20.8 Å². The third-order valence-electron chi connectivity index (χ3n) is 5.11. The van der Waals surface area contributed by atoms with Gasteiger partial charge in [0.25, 0.3) is 0 Å². The van der Waals surface area contributed by atoms with Crippen molar-refractivity contribution in [2.75, 3.05) is 5.32 Å². The summed E-state index contributed by atoms with van der Waals surface area (Å²) in [5, 5.41) is 4.77. The molecule has 0 aliphatic heterocycles. The van der Waals surface area contributed by atoms with Crippen LogP contribution in [0.15, 0.2) is 85.2 Å². The molecule has 0 bridgehead atoms. The number of nitrogens with one attached hydrogen (secondary N) is 1. The molecule has 0 radical (unpaired) electrons. The number of aryl methyl sites for hydroxylation is 1. The molecule has 2 aromatic carbocycles. The average molecular weight is 490 g/mol. The topological polar surface area (TPSA) is 85.3 Å². The lowest BCUT2D eigenvalue weighted by molar-refractivity contribution is -0.106. The Bertz CT molecular complexity index is 1430. The maximum atomic E-state index is 8.58. The van der Waals surface area contributed by atoms with Crippen LogP contribution >= 0.6 is 23.2 Å². The summed E-state index contributed by atoms with van der Waals surface area (Å²) in [4.78, 5) is 18.1. The highest BCUT2D eigenvalue weighted by Gasteiger charge is 2.16. The summed E-state index contributed by atoms with van der Waals surface area (Å²) in [6.07, 6.45) is 4.13. The van der Waals surface area contributed by atoms with Crippen molar-refractivity contribution < 1.29 is 4.79 Å². The molecule has 5 rings (SSSR count). The summed E-state index contributed by atoms with van der Waals surface area (Å²) in [6.45, 7) is 1.98. The molecule has 3 N–H and O–H groups in total. The van der Waals surface area contributed by atoms with Crippen molar-refractivity contribution in [2.45, 2.75) is 6.92 Å². The van der Waals surface area contributed by atoms with Crippen LogP contribution in [0.5, 0.6) is 0 Å². The van der Waals surface area contributed by atoms with Crippen LogP contribution in [0.3, 0.4) is 0 Å². The zero-order valence-electron chi connectivity index (χ0n) is 18.2. The number of primary amides is 1. The molecule has 0 aliphatic rings. The zero-order chi connectivity index (χ0) is 24.1. The van der Waals surface area contributed by atoms with Gasteiger partial charge in [-0.05, 0) is 67.1 Å². The first kappa shape index (κ1) is 23.3. The Kier molecular flexibility index (Phi) is 7.11. The number of rotatable bonds is 4. The van der Waals surface area contributed by atoms with Gasteiger partial charge in [0, 0.05) is 39.3 Å². The first-order chi connectivity index (χ1) is 16.5.